The topological polar surface area (TPSA) is 368 Å². The molecule has 9 rings (SSSR count). The zero-order chi connectivity index (χ0) is 58.8. The van der Waals surface area contributed by atoms with Crippen LogP contribution in [0.25, 0.3) is 0 Å². The highest BCUT2D eigenvalue weighted by atomic mass is 16.3. The van der Waals surface area contributed by atoms with Crippen molar-refractivity contribution in [3.8, 4) is 82.4 Å². The lowest BCUT2D eigenvalue weighted by Crippen LogP contribution is -2.32. The van der Waals surface area contributed by atoms with Crippen molar-refractivity contribution in [2.45, 2.75) is 90.9 Å². The third-order valence-corrected chi connectivity index (χ3v) is 13.0. The second kappa shape index (κ2) is 26.5. The van der Waals surface area contributed by atoms with Gasteiger partial charge in [-0.05, 0) is 147 Å². The molecule has 8 bridgehead atoms. The van der Waals surface area contributed by atoms with E-state index in [4.69, 9.17) is 31.6 Å². The van der Waals surface area contributed by atoms with Crippen molar-refractivity contribution in [2.75, 3.05) is 0 Å². The molecule has 0 unspecified atom stereocenters. The monoisotopic (exact) mass is 1050 g/mol. The lowest BCUT2D eigenvalue weighted by atomic mass is 9.76. The molecule has 78 heavy (non-hydrogen) atoms. The maximum Gasteiger partial charge on any atom is 0.119 e. The van der Waals surface area contributed by atoms with Gasteiger partial charge in [0.25, 0.3) is 0 Å². The standard InChI is InChI=1S/C48H44N4O8.6C2H3N/c1-45(25-13-29(53)21-30(54)14-25)37-5-7-39(49-37)46(2,26-15-31(55)22-32(56)16-26)41-9-11-43(51-41)48(4,28-19-35(59)24-36(60)20-28)44-12-10-42(52-44)47(3,40-8-6-38(45)50-40)27-17-33(57)23-34(58)18-27;6*1-2-3/h5-24,49-60H,1-4H3;6*1H3. The summed E-state index contributed by atoms with van der Waals surface area (Å²) in [6, 6.07) is 43.6. The Morgan fingerprint density at radius 3 is 0.462 bits per heavy atom. The zero-order valence-corrected chi connectivity index (χ0v) is 44.8. The van der Waals surface area contributed by atoms with Crippen molar-refractivity contribution in [2.24, 2.45) is 0 Å². The molecule has 12 N–H and O–H groups in total. The largest absolute Gasteiger partial charge is 0.508 e. The number of hydrogen-bond acceptors (Lipinski definition) is 14. The number of rotatable bonds is 4. The van der Waals surface area contributed by atoms with Gasteiger partial charge >= 0.3 is 0 Å². The minimum absolute atomic E-state index is 0.141. The van der Waals surface area contributed by atoms with Crippen LogP contribution >= 0.6 is 0 Å². The Hall–Kier alpha value is -10.7. The quantitative estimate of drug-likeness (QED) is 0.0780. The van der Waals surface area contributed by atoms with Crippen molar-refractivity contribution in [3.63, 3.8) is 0 Å². The van der Waals surface area contributed by atoms with E-state index in [9.17, 15) is 40.9 Å². The second-order valence-electron chi connectivity index (χ2n) is 17.9. The van der Waals surface area contributed by atoms with E-state index in [1.807, 2.05) is 76.2 Å². The Labute approximate surface area is 453 Å². The van der Waals surface area contributed by atoms with E-state index in [1.165, 1.54) is 65.8 Å². The van der Waals surface area contributed by atoms with E-state index in [-0.39, 0.29) is 46.0 Å². The van der Waals surface area contributed by atoms with Crippen LogP contribution in [0.1, 0.15) is 137 Å². The Kier molecular flexibility index (Phi) is 21.0. The van der Waals surface area contributed by atoms with Crippen LogP contribution in [0.15, 0.2) is 121 Å². The highest BCUT2D eigenvalue weighted by Crippen LogP contribution is 2.50. The molecule has 0 aliphatic carbocycles. The fraction of sp³-hybridized carbons (Fsp3) is 0.233. The maximum atomic E-state index is 10.8. The Morgan fingerprint density at radius 2 is 0.359 bits per heavy atom. The third kappa shape index (κ3) is 12.8. The number of fused-ring (bicyclic) bond motifs is 8. The number of benzene rings is 4. The van der Waals surface area contributed by atoms with Gasteiger partial charge < -0.3 is 60.8 Å². The van der Waals surface area contributed by atoms with E-state index in [1.54, 1.807) is 84.9 Å². The number of nitriles is 6. The van der Waals surface area contributed by atoms with Crippen LogP contribution < -0.4 is 0 Å². The molecule has 0 atom stereocenters. The molecule has 1 aliphatic rings. The van der Waals surface area contributed by atoms with Gasteiger partial charge in [0.2, 0.25) is 0 Å². The van der Waals surface area contributed by atoms with Crippen molar-refractivity contribution in [1.82, 2.24) is 19.9 Å². The first-order valence-corrected chi connectivity index (χ1v) is 23.7. The summed E-state index contributed by atoms with van der Waals surface area (Å²) in [6.45, 7) is 16.4. The van der Waals surface area contributed by atoms with Gasteiger partial charge in [0, 0.05) is 111 Å². The Balaban J connectivity index is 0.000000788. The number of H-pyrrole nitrogens is 4. The summed E-state index contributed by atoms with van der Waals surface area (Å²) < 4.78 is 0. The van der Waals surface area contributed by atoms with Crippen LogP contribution in [0.4, 0.5) is 0 Å². The highest BCUT2D eigenvalue weighted by molar-refractivity contribution is 5.59. The molecule has 4 aromatic heterocycles. The van der Waals surface area contributed by atoms with E-state index in [0.717, 1.165) is 0 Å². The van der Waals surface area contributed by atoms with Crippen LogP contribution in [-0.2, 0) is 21.7 Å². The average molecular weight is 1050 g/mol. The molecule has 0 spiro atoms. The number of phenolic OH excluding ortho intramolecular Hbond substituents is 8. The van der Waals surface area contributed by atoms with Crippen LogP contribution in [0.5, 0.6) is 46.0 Å². The number of aromatic hydroxyl groups is 8. The van der Waals surface area contributed by atoms with Crippen LogP contribution in [0, 0.1) is 68.0 Å². The first kappa shape index (κ1) is 61.6. The molecule has 18 heteroatoms. The highest BCUT2D eigenvalue weighted by Gasteiger charge is 2.44. The molecule has 0 fully saturated rings. The lowest BCUT2D eigenvalue weighted by molar-refractivity contribution is 0.445. The van der Waals surface area contributed by atoms with E-state index >= 15 is 0 Å². The van der Waals surface area contributed by atoms with Crippen LogP contribution in [-0.4, -0.2) is 60.8 Å². The fourth-order valence-electron chi connectivity index (χ4n) is 9.27. The molecule has 8 aromatic rings. The molecule has 4 aromatic carbocycles. The number of nitrogens with zero attached hydrogens (tertiary/aromatic N) is 6. The molecule has 0 radical (unpaired) electrons. The van der Waals surface area contributed by atoms with E-state index < -0.39 is 21.7 Å². The third-order valence-electron chi connectivity index (χ3n) is 13.0. The molecular weight excluding hydrogens is 989 g/mol. The predicted molar refractivity (Wildman–Crippen MR) is 292 cm³/mol. The Morgan fingerprint density at radius 1 is 0.256 bits per heavy atom. The van der Waals surface area contributed by atoms with Crippen molar-refractivity contribution < 1.29 is 40.9 Å². The van der Waals surface area contributed by atoms with E-state index in [2.05, 4.69) is 19.9 Å². The smallest absolute Gasteiger partial charge is 0.119 e. The number of aromatic nitrogens is 4. The van der Waals surface area contributed by atoms with Gasteiger partial charge in [-0.2, -0.15) is 31.6 Å². The fourth-order valence-corrected chi connectivity index (χ4v) is 9.27. The molecular formula is C60H62N10O8. The van der Waals surface area contributed by atoms with Crippen LogP contribution in [0.3, 0.4) is 0 Å². The summed E-state index contributed by atoms with van der Waals surface area (Å²) in [5.74, 6) is -1.13. The predicted octanol–water partition coefficient (Wildman–Crippen LogP) is 11.6. The van der Waals surface area contributed by atoms with Gasteiger partial charge in [-0.1, -0.05) is 0 Å². The number of phenols is 8. The first-order valence-electron chi connectivity index (χ1n) is 23.7. The summed E-state index contributed by atoms with van der Waals surface area (Å²) >= 11 is 0. The van der Waals surface area contributed by atoms with Gasteiger partial charge in [0.05, 0.1) is 58.1 Å². The molecule has 1 aliphatic heterocycles. The SMILES string of the molecule is CC#N.CC#N.CC#N.CC#N.CC#N.CC#N.CC1(c2cc(O)cc(O)c2)c2ccc([nH]2)C(C)(c2cc(O)cc(O)c2)c2ccc([nH]2)C(C)(c2cc(O)cc(O)c2)c2ccc([nH]2)C(C)(c2cc(O)cc(O)c2)c2ccc1[nH]2. The summed E-state index contributed by atoms with van der Waals surface area (Å²) in [5.41, 5.74) is 3.02. The number of aromatic amines is 4. The molecule has 5 heterocycles. The molecule has 0 saturated carbocycles. The maximum absolute atomic E-state index is 10.8. The zero-order valence-electron chi connectivity index (χ0n) is 44.8. The lowest BCUT2D eigenvalue weighted by Gasteiger charge is -2.34. The van der Waals surface area contributed by atoms with Crippen molar-refractivity contribution in [1.29, 1.82) is 31.6 Å². The molecule has 0 saturated heterocycles. The minimum atomic E-state index is -1.11. The molecule has 18 nitrogen and oxygen atoms in total. The number of hydrogen-bond donors (Lipinski definition) is 12. The average Bonchev–Trinajstić information content (AvgIpc) is 4.22. The molecule has 0 amide bonds. The van der Waals surface area contributed by atoms with Gasteiger partial charge in [0.15, 0.2) is 0 Å². The first-order chi connectivity index (χ1) is 36.9. The Bertz CT molecular complexity index is 2950. The minimum Gasteiger partial charge on any atom is -0.508 e. The van der Waals surface area contributed by atoms with Gasteiger partial charge in [0.1, 0.15) is 46.0 Å². The van der Waals surface area contributed by atoms with E-state index in [0.29, 0.717) is 67.8 Å². The summed E-state index contributed by atoms with van der Waals surface area (Å²) in [5, 5.41) is 131. The summed E-state index contributed by atoms with van der Waals surface area (Å²) in [6.07, 6.45) is 0. The van der Waals surface area contributed by atoms with Gasteiger partial charge in [-0.15, -0.1) is 0 Å². The number of nitrogens with one attached hydrogen (secondary N) is 4. The van der Waals surface area contributed by atoms with Crippen LogP contribution in [0.2, 0.25) is 0 Å². The normalized spacial score (nSPS) is 17.9. The second-order valence-corrected chi connectivity index (χ2v) is 17.9. The van der Waals surface area contributed by atoms with Crippen molar-refractivity contribution >= 4 is 0 Å². The molecule has 400 valence electrons. The van der Waals surface area contributed by atoms with Gasteiger partial charge in [-0.25, -0.2) is 0 Å². The summed E-state index contributed by atoms with van der Waals surface area (Å²) in [7, 11) is 0. The van der Waals surface area contributed by atoms with Crippen molar-refractivity contribution in [3.05, 3.63) is 189 Å². The summed E-state index contributed by atoms with van der Waals surface area (Å²) in [4.78, 5) is 14.7. The van der Waals surface area contributed by atoms with Gasteiger partial charge in [-0.3, -0.25) is 0 Å².